The molecule has 2 heterocycles. The van der Waals surface area contributed by atoms with Crippen molar-refractivity contribution in [3.8, 4) is 22.9 Å². The van der Waals surface area contributed by atoms with Crippen molar-refractivity contribution < 1.29 is 36.1 Å². The van der Waals surface area contributed by atoms with E-state index in [0.29, 0.717) is 11.1 Å². The second-order valence-corrected chi connectivity index (χ2v) is 11.2. The minimum Gasteiger partial charge on any atom is -0.444 e. The Bertz CT molecular complexity index is 1600. The quantitative estimate of drug-likeness (QED) is 0.236. The highest BCUT2D eigenvalue weighted by molar-refractivity contribution is 5.69. The van der Waals surface area contributed by atoms with Crippen molar-refractivity contribution in [3.63, 3.8) is 0 Å². The Balaban J connectivity index is 0.000000180. The molecule has 6 rings (SSSR count). The Morgan fingerprint density at radius 3 is 1.91 bits per heavy atom. The molecule has 0 bridgehead atoms. The van der Waals surface area contributed by atoms with Gasteiger partial charge in [-0.1, -0.05) is 22.4 Å². The molecule has 2 aliphatic carbocycles. The molecular weight excluding hydrogens is 572 g/mol. The Hall–Kier alpha value is -4.33. The van der Waals surface area contributed by atoms with Crippen LogP contribution in [0.4, 0.5) is 22.4 Å². The van der Waals surface area contributed by atoms with E-state index in [2.05, 4.69) is 25.6 Å². The van der Waals surface area contributed by atoms with Gasteiger partial charge in [-0.15, -0.1) is 0 Å². The fourth-order valence-electron chi connectivity index (χ4n) is 5.02. The van der Waals surface area contributed by atoms with Gasteiger partial charge >= 0.3 is 18.9 Å². The lowest BCUT2D eigenvalue weighted by Crippen LogP contribution is -2.34. The van der Waals surface area contributed by atoms with Crippen LogP contribution < -0.4 is 11.1 Å². The first-order valence-electron chi connectivity index (χ1n) is 13.6. The molecule has 43 heavy (non-hydrogen) atoms. The summed E-state index contributed by atoms with van der Waals surface area (Å²) >= 11 is 0. The second-order valence-electron chi connectivity index (χ2n) is 11.2. The van der Waals surface area contributed by atoms with E-state index in [1.54, 1.807) is 32.9 Å². The molecule has 0 unspecified atom stereocenters. The number of hydrogen-bond acceptors (Lipinski definition) is 9. The number of alkyl halides is 4. The first-order valence-corrected chi connectivity index (χ1v) is 13.6. The van der Waals surface area contributed by atoms with Crippen LogP contribution in [0.1, 0.15) is 92.5 Å². The van der Waals surface area contributed by atoms with Gasteiger partial charge < -0.3 is 24.8 Å². The van der Waals surface area contributed by atoms with Gasteiger partial charge in [0, 0.05) is 17.2 Å². The zero-order valence-electron chi connectivity index (χ0n) is 23.6. The van der Waals surface area contributed by atoms with E-state index in [1.165, 1.54) is 0 Å². The van der Waals surface area contributed by atoms with Gasteiger partial charge in [-0.25, -0.2) is 22.4 Å². The number of benzene rings is 2. The maximum Gasteiger partial charge on any atom is 0.408 e. The molecular formula is C29H30F4N6O4. The number of rotatable bonds is 5. The van der Waals surface area contributed by atoms with Crippen LogP contribution in [-0.4, -0.2) is 32.0 Å². The Labute approximate surface area is 244 Å². The maximum absolute atomic E-state index is 12.6. The number of fused-ring (bicyclic) bond motifs is 2. The van der Waals surface area contributed by atoms with Gasteiger partial charge in [0.25, 0.3) is 11.8 Å². The number of alkyl carbamates (subject to hydrolysis) is 1. The van der Waals surface area contributed by atoms with Gasteiger partial charge in [-0.05, 0) is 93.0 Å². The lowest BCUT2D eigenvalue weighted by Gasteiger charge is -2.22. The monoisotopic (exact) mass is 602 g/mol. The third-order valence-electron chi connectivity index (χ3n) is 6.95. The number of nitrogens with zero attached hydrogens (tertiary/aromatic N) is 4. The van der Waals surface area contributed by atoms with Crippen LogP contribution in [0.2, 0.25) is 0 Å². The van der Waals surface area contributed by atoms with Crippen molar-refractivity contribution in [2.45, 2.75) is 77.0 Å². The zero-order valence-corrected chi connectivity index (χ0v) is 23.6. The van der Waals surface area contributed by atoms with E-state index in [4.69, 9.17) is 19.5 Å². The van der Waals surface area contributed by atoms with Crippen LogP contribution in [0.5, 0.6) is 0 Å². The highest BCUT2D eigenvalue weighted by atomic mass is 19.3. The van der Waals surface area contributed by atoms with E-state index in [9.17, 15) is 22.4 Å². The number of hydrogen-bond donors (Lipinski definition) is 2. The number of amides is 1. The zero-order chi connectivity index (χ0) is 30.9. The van der Waals surface area contributed by atoms with Crippen LogP contribution in [0.25, 0.3) is 22.9 Å². The average Bonchev–Trinajstić information content (AvgIpc) is 3.75. The summed E-state index contributed by atoms with van der Waals surface area (Å²) in [6, 6.07) is 10.9. The number of halogens is 4. The van der Waals surface area contributed by atoms with Gasteiger partial charge in [0.2, 0.25) is 11.6 Å². The summed E-state index contributed by atoms with van der Waals surface area (Å²) in [5, 5.41) is 9.36. The number of ether oxygens (including phenoxy) is 1. The average molecular weight is 603 g/mol. The highest BCUT2D eigenvalue weighted by Gasteiger charge is 2.27. The van der Waals surface area contributed by atoms with Crippen molar-refractivity contribution in [1.82, 2.24) is 25.6 Å². The van der Waals surface area contributed by atoms with Crippen molar-refractivity contribution >= 4 is 6.09 Å². The predicted molar refractivity (Wildman–Crippen MR) is 145 cm³/mol. The van der Waals surface area contributed by atoms with Gasteiger partial charge in [-0.3, -0.25) is 0 Å². The van der Waals surface area contributed by atoms with Gasteiger partial charge in [0.05, 0.1) is 6.04 Å². The van der Waals surface area contributed by atoms with Crippen LogP contribution in [0.3, 0.4) is 0 Å². The molecule has 0 saturated carbocycles. The summed E-state index contributed by atoms with van der Waals surface area (Å²) < 4.78 is 64.9. The Kier molecular flexibility index (Phi) is 8.49. The van der Waals surface area contributed by atoms with Gasteiger partial charge in [0.1, 0.15) is 5.60 Å². The first-order chi connectivity index (χ1) is 20.4. The number of carbonyl (C=O) groups is 1. The van der Waals surface area contributed by atoms with Gasteiger partial charge in [0.15, 0.2) is 0 Å². The number of nitrogens with one attached hydrogen (secondary N) is 1. The number of aromatic nitrogens is 4. The molecule has 0 saturated heterocycles. The summed E-state index contributed by atoms with van der Waals surface area (Å²) in [5.74, 6) is -1.03. The summed E-state index contributed by atoms with van der Waals surface area (Å²) in [6.07, 6.45) is -2.66. The normalized spacial score (nSPS) is 17.4. The molecule has 14 heteroatoms. The predicted octanol–water partition coefficient (Wildman–Crippen LogP) is 6.81. The Morgan fingerprint density at radius 2 is 1.40 bits per heavy atom. The van der Waals surface area contributed by atoms with Crippen molar-refractivity contribution in [3.05, 3.63) is 70.3 Å². The lowest BCUT2D eigenvalue weighted by atomic mass is 10.0. The minimum atomic E-state index is -2.77. The topological polar surface area (TPSA) is 142 Å². The molecule has 2 atom stereocenters. The van der Waals surface area contributed by atoms with Crippen LogP contribution >= 0.6 is 0 Å². The summed E-state index contributed by atoms with van der Waals surface area (Å²) in [4.78, 5) is 19.3. The molecule has 0 radical (unpaired) electrons. The molecule has 3 N–H and O–H groups in total. The molecule has 2 aromatic heterocycles. The third-order valence-corrected chi connectivity index (χ3v) is 6.95. The minimum absolute atomic E-state index is 0.0571. The molecule has 0 aliphatic heterocycles. The first kappa shape index (κ1) is 30.1. The fourth-order valence-corrected chi connectivity index (χ4v) is 5.02. The molecule has 228 valence electrons. The summed E-state index contributed by atoms with van der Waals surface area (Å²) in [7, 11) is 0. The maximum atomic E-state index is 12.6. The fraction of sp³-hybridized carbons (Fsp3) is 0.414. The van der Waals surface area contributed by atoms with Crippen LogP contribution in [-0.2, 0) is 17.6 Å². The van der Waals surface area contributed by atoms with E-state index < -0.39 is 36.2 Å². The SMILES string of the molecule is CC(C)(C)OC(=O)N[C@@H]1CCc2cc(-c3nc(C(F)F)no3)ccc21.N[C@@H]1CCc2cc(-c3nc(C(F)F)no3)ccc21. The van der Waals surface area contributed by atoms with Crippen LogP contribution in [0.15, 0.2) is 45.4 Å². The molecule has 0 spiro atoms. The van der Waals surface area contributed by atoms with Crippen molar-refractivity contribution in [2.75, 3.05) is 0 Å². The summed E-state index contributed by atoms with van der Waals surface area (Å²) in [5.41, 5.74) is 10.8. The third kappa shape index (κ3) is 7.01. The van der Waals surface area contributed by atoms with E-state index in [0.717, 1.165) is 47.9 Å². The smallest absolute Gasteiger partial charge is 0.408 e. The number of carbonyl (C=O) groups excluding carboxylic acids is 1. The molecule has 10 nitrogen and oxygen atoms in total. The van der Waals surface area contributed by atoms with Gasteiger partial charge in [-0.2, -0.15) is 9.97 Å². The van der Waals surface area contributed by atoms with E-state index >= 15 is 0 Å². The van der Waals surface area contributed by atoms with E-state index in [-0.39, 0.29) is 23.9 Å². The van der Waals surface area contributed by atoms with Crippen molar-refractivity contribution in [1.29, 1.82) is 0 Å². The molecule has 2 aromatic carbocycles. The Morgan fingerprint density at radius 1 is 0.884 bits per heavy atom. The number of nitrogens with two attached hydrogens (primary N) is 1. The standard InChI is InChI=1S/C17H19F2N3O3.C12H11F2N3O/c1-17(2,3)24-16(23)20-12-7-5-9-8-10(4-6-11(9)12)15-21-14(13(18)19)22-25-15;13-10(14)11-16-12(18-17-11)7-1-3-8-6(5-7)2-4-9(8)15/h4,6,8,12-13H,5,7H2,1-3H3,(H,20,23);1,3,5,9-10H,2,4,15H2/t12-;9-/m11/s1. The molecule has 0 fully saturated rings. The largest absolute Gasteiger partial charge is 0.444 e. The van der Waals surface area contributed by atoms with Crippen LogP contribution in [0, 0.1) is 0 Å². The molecule has 4 aromatic rings. The van der Waals surface area contributed by atoms with E-state index in [1.807, 2.05) is 24.3 Å². The molecule has 2 aliphatic rings. The van der Waals surface area contributed by atoms with Crippen molar-refractivity contribution in [2.24, 2.45) is 5.73 Å². The number of aryl methyl sites for hydroxylation is 2. The highest BCUT2D eigenvalue weighted by Crippen LogP contribution is 2.35. The second kappa shape index (κ2) is 12.1. The molecule has 1 amide bonds. The lowest BCUT2D eigenvalue weighted by molar-refractivity contribution is 0.0503. The summed E-state index contributed by atoms with van der Waals surface area (Å²) in [6.45, 7) is 5.42.